The minimum Gasteiger partial charge on any atom is -0.469 e. The number of fused-ring (bicyclic) bond motifs is 1. The van der Waals surface area contributed by atoms with Crippen LogP contribution >= 0.6 is 11.3 Å². The Balaban J connectivity index is 1.11. The second-order valence-corrected chi connectivity index (χ2v) is 10.9. The molecule has 0 saturated heterocycles. The first-order valence-corrected chi connectivity index (χ1v) is 14.7. The molecule has 0 saturated carbocycles. The Hall–Kier alpha value is -5.55. The number of carbonyl (C=O) groups excluding carboxylic acids is 2. The van der Waals surface area contributed by atoms with Gasteiger partial charge in [-0.05, 0) is 29.7 Å². The first kappa shape index (κ1) is 28.6. The molecule has 0 fully saturated rings. The van der Waals surface area contributed by atoms with Crippen molar-refractivity contribution in [3.8, 4) is 22.5 Å². The van der Waals surface area contributed by atoms with Crippen LogP contribution in [0.3, 0.4) is 0 Å². The number of hydrogen-bond acceptors (Lipinski definition) is 9. The highest BCUT2D eigenvalue weighted by Crippen LogP contribution is 2.42. The van der Waals surface area contributed by atoms with Crippen molar-refractivity contribution < 1.29 is 18.7 Å². The van der Waals surface area contributed by atoms with Gasteiger partial charge in [0.15, 0.2) is 5.13 Å². The third-order valence-electron chi connectivity index (χ3n) is 6.82. The third-order valence-corrected chi connectivity index (χ3v) is 7.74. The van der Waals surface area contributed by atoms with E-state index in [-0.39, 0.29) is 12.4 Å². The van der Waals surface area contributed by atoms with E-state index in [9.17, 15) is 9.59 Å². The number of urea groups is 1. The maximum absolute atomic E-state index is 12.4. The lowest BCUT2D eigenvalue weighted by Gasteiger charge is -2.10. The van der Waals surface area contributed by atoms with Crippen LogP contribution in [0.2, 0.25) is 0 Å². The number of ether oxygens (including phenoxy) is 1. The maximum Gasteiger partial charge on any atom is 0.325 e. The summed E-state index contributed by atoms with van der Waals surface area (Å²) in [5.41, 5.74) is 5.18. The molecule has 10 nitrogen and oxygen atoms in total. The number of carbonyl (C=O) groups is 2. The summed E-state index contributed by atoms with van der Waals surface area (Å²) in [5.74, 6) is 1.09. The van der Waals surface area contributed by atoms with Crippen LogP contribution in [0.4, 0.5) is 21.4 Å². The van der Waals surface area contributed by atoms with E-state index in [0.29, 0.717) is 33.8 Å². The minimum atomic E-state index is -0.421. The van der Waals surface area contributed by atoms with Crippen LogP contribution in [0, 0.1) is 0 Å². The topological polar surface area (TPSA) is 131 Å². The van der Waals surface area contributed by atoms with E-state index in [1.807, 2.05) is 72.8 Å². The van der Waals surface area contributed by atoms with Gasteiger partial charge in [-0.1, -0.05) is 72.8 Å². The first-order chi connectivity index (χ1) is 21.6. The van der Waals surface area contributed by atoms with Crippen molar-refractivity contribution in [1.82, 2.24) is 15.0 Å². The van der Waals surface area contributed by atoms with E-state index >= 15 is 0 Å². The summed E-state index contributed by atoms with van der Waals surface area (Å²) in [5, 5.41) is 10.2. The second-order valence-electron chi connectivity index (χ2n) is 9.78. The van der Waals surface area contributed by atoms with Gasteiger partial charge in [0.05, 0.1) is 18.9 Å². The Bertz CT molecular complexity index is 1890. The van der Waals surface area contributed by atoms with Gasteiger partial charge in [-0.15, -0.1) is 11.3 Å². The smallest absolute Gasteiger partial charge is 0.325 e. The van der Waals surface area contributed by atoms with E-state index in [4.69, 9.17) is 4.42 Å². The van der Waals surface area contributed by atoms with Crippen molar-refractivity contribution in [2.24, 2.45) is 0 Å². The third kappa shape index (κ3) is 6.58. The summed E-state index contributed by atoms with van der Waals surface area (Å²) in [6, 6.07) is 27.3. The summed E-state index contributed by atoms with van der Waals surface area (Å²) in [6.07, 6.45) is 3.89. The fourth-order valence-electron chi connectivity index (χ4n) is 4.74. The average molecular weight is 605 g/mol. The highest BCUT2D eigenvalue weighted by atomic mass is 32.1. The molecule has 0 radical (unpaired) electrons. The number of nitrogens with zero attached hydrogens (tertiary/aromatic N) is 3. The molecule has 44 heavy (non-hydrogen) atoms. The van der Waals surface area contributed by atoms with E-state index in [0.717, 1.165) is 39.8 Å². The van der Waals surface area contributed by atoms with Gasteiger partial charge in [0.1, 0.15) is 17.9 Å². The minimum absolute atomic E-state index is 0.112. The number of nitrogens with one attached hydrogen (secondary N) is 3. The van der Waals surface area contributed by atoms with Gasteiger partial charge >= 0.3 is 12.0 Å². The Kier molecular flexibility index (Phi) is 8.55. The second kappa shape index (κ2) is 13.2. The molecule has 3 heterocycles. The fourth-order valence-corrected chi connectivity index (χ4v) is 5.53. The Morgan fingerprint density at radius 1 is 0.864 bits per heavy atom. The molecule has 0 unspecified atom stereocenters. The molecule has 11 heteroatoms. The zero-order chi connectivity index (χ0) is 30.3. The Morgan fingerprint density at radius 2 is 1.59 bits per heavy atom. The molecule has 0 aliphatic carbocycles. The predicted molar refractivity (Wildman–Crippen MR) is 172 cm³/mol. The molecule has 0 spiro atoms. The highest BCUT2D eigenvalue weighted by molar-refractivity contribution is 7.15. The molecule has 6 rings (SSSR count). The average Bonchev–Trinajstić information content (AvgIpc) is 3.67. The van der Waals surface area contributed by atoms with Crippen LogP contribution in [0.25, 0.3) is 33.6 Å². The molecule has 3 aromatic heterocycles. The largest absolute Gasteiger partial charge is 0.469 e. The Labute approximate surface area is 257 Å². The lowest BCUT2D eigenvalue weighted by molar-refractivity contribution is -0.139. The lowest BCUT2D eigenvalue weighted by atomic mass is 9.99. The molecule has 0 bridgehead atoms. The maximum atomic E-state index is 12.4. The van der Waals surface area contributed by atoms with Crippen molar-refractivity contribution in [2.45, 2.75) is 12.8 Å². The zero-order valence-electron chi connectivity index (χ0n) is 23.7. The van der Waals surface area contributed by atoms with Gasteiger partial charge in [-0.2, -0.15) is 0 Å². The van der Waals surface area contributed by atoms with Gasteiger partial charge in [0.25, 0.3) is 0 Å². The van der Waals surface area contributed by atoms with Crippen molar-refractivity contribution in [3.63, 3.8) is 0 Å². The quantitative estimate of drug-likeness (QED) is 0.142. The number of hydrogen-bond donors (Lipinski definition) is 3. The summed E-state index contributed by atoms with van der Waals surface area (Å²) >= 11 is 1.22. The number of methoxy groups -OCH3 is 1. The number of anilines is 3. The molecule has 0 aliphatic rings. The molecule has 220 valence electrons. The van der Waals surface area contributed by atoms with Crippen LogP contribution in [0.1, 0.15) is 10.4 Å². The van der Waals surface area contributed by atoms with Crippen molar-refractivity contribution in [3.05, 3.63) is 108 Å². The van der Waals surface area contributed by atoms with E-state index in [1.165, 1.54) is 24.8 Å². The molecule has 3 N–H and O–H groups in total. The highest BCUT2D eigenvalue weighted by Gasteiger charge is 2.22. The van der Waals surface area contributed by atoms with Crippen LogP contribution < -0.4 is 16.0 Å². The van der Waals surface area contributed by atoms with Gasteiger partial charge in [0.2, 0.25) is 5.71 Å². The summed E-state index contributed by atoms with van der Waals surface area (Å²) in [7, 11) is 1.33. The SMILES string of the molecule is COC(=O)Cc1cnc(NC(=O)Nc2ccc(CCNc3ncnc4oc(-c5ccccc5)c(-c5ccccc5)c34)cc2)s1. The predicted octanol–water partition coefficient (Wildman–Crippen LogP) is 7.03. The van der Waals surface area contributed by atoms with Crippen LogP contribution in [0.15, 0.2) is 102 Å². The number of aromatic nitrogens is 3. The van der Waals surface area contributed by atoms with Crippen molar-refractivity contribution in [2.75, 3.05) is 29.6 Å². The number of furan rings is 1. The molecule has 0 atom stereocenters. The van der Waals surface area contributed by atoms with E-state index in [1.54, 1.807) is 6.20 Å². The molecular weight excluding hydrogens is 576 g/mol. The van der Waals surface area contributed by atoms with E-state index in [2.05, 4.69) is 47.8 Å². The van der Waals surface area contributed by atoms with Crippen molar-refractivity contribution in [1.29, 1.82) is 0 Å². The van der Waals surface area contributed by atoms with E-state index < -0.39 is 6.03 Å². The summed E-state index contributed by atoms with van der Waals surface area (Å²) in [4.78, 5) is 37.7. The molecule has 6 aromatic rings. The van der Waals surface area contributed by atoms with Gasteiger partial charge in [0, 0.05) is 34.4 Å². The van der Waals surface area contributed by atoms with Crippen LogP contribution in [0.5, 0.6) is 0 Å². The zero-order valence-corrected chi connectivity index (χ0v) is 24.6. The first-order valence-electron chi connectivity index (χ1n) is 13.9. The van der Waals surface area contributed by atoms with Crippen LogP contribution in [-0.4, -0.2) is 40.6 Å². The van der Waals surface area contributed by atoms with Crippen molar-refractivity contribution >= 4 is 51.1 Å². The number of benzene rings is 3. The van der Waals surface area contributed by atoms with Gasteiger partial charge in [-0.3, -0.25) is 10.1 Å². The van der Waals surface area contributed by atoms with Crippen LogP contribution in [-0.2, 0) is 22.4 Å². The lowest BCUT2D eigenvalue weighted by Crippen LogP contribution is -2.19. The number of thiazole rings is 1. The van der Waals surface area contributed by atoms with Gasteiger partial charge < -0.3 is 19.8 Å². The fraction of sp³-hybridized carbons (Fsp3) is 0.121. The summed E-state index contributed by atoms with van der Waals surface area (Å²) < 4.78 is 11.0. The Morgan fingerprint density at radius 3 is 2.32 bits per heavy atom. The number of esters is 1. The molecule has 0 aliphatic heterocycles. The number of rotatable bonds is 10. The normalized spacial score (nSPS) is 10.8. The standard InChI is InChI=1S/C33H28N6O4S/c1-42-26(40)18-25-19-35-33(44-25)39-32(41)38-24-14-12-21(13-15-24)16-17-34-30-28-27(22-8-4-2-5-9-22)29(23-10-6-3-7-11-23)43-31(28)37-20-36-30/h2-15,19-20H,16-18H2,1H3,(H,34,36,37)(H2,35,38,39,41). The van der Waals surface area contributed by atoms with Gasteiger partial charge in [-0.25, -0.2) is 19.7 Å². The summed E-state index contributed by atoms with van der Waals surface area (Å²) in [6.45, 7) is 0.622. The monoisotopic (exact) mass is 604 g/mol. The molecule has 3 aromatic carbocycles. The molecule has 2 amide bonds. The number of amides is 2. The molecular formula is C33H28N6O4S.